The van der Waals surface area contributed by atoms with Crippen LogP contribution in [0.3, 0.4) is 0 Å². The van der Waals surface area contributed by atoms with Crippen LogP contribution in [0.15, 0.2) is 65.7 Å². The van der Waals surface area contributed by atoms with E-state index in [1.807, 2.05) is 31.2 Å². The molecule has 2 aliphatic heterocycles. The molecule has 37 heavy (non-hydrogen) atoms. The molecule has 5 rings (SSSR count). The van der Waals surface area contributed by atoms with Crippen LogP contribution in [0.4, 0.5) is 4.39 Å². The van der Waals surface area contributed by atoms with Gasteiger partial charge in [0.05, 0.1) is 11.5 Å². The van der Waals surface area contributed by atoms with Gasteiger partial charge in [0.1, 0.15) is 0 Å². The number of hydrogen-bond donors (Lipinski definition) is 0. The van der Waals surface area contributed by atoms with Crippen molar-refractivity contribution in [2.45, 2.75) is 49.6 Å². The topological polar surface area (TPSA) is 62.7 Å². The van der Waals surface area contributed by atoms with Crippen LogP contribution < -0.4 is 0 Å². The van der Waals surface area contributed by atoms with Crippen LogP contribution in [0.1, 0.15) is 35.4 Å². The Morgan fingerprint density at radius 2 is 1.73 bits per heavy atom. The van der Waals surface area contributed by atoms with Crippen LogP contribution >= 0.6 is 0 Å². The first kappa shape index (κ1) is 26.0. The van der Waals surface area contributed by atoms with Gasteiger partial charge in [0.25, 0.3) is 0 Å². The molecule has 1 aromatic heterocycles. The standard InChI is InChI=1S/C29H34FN3O3S/c1-20-8-4-5-9-27(20)37(34,35)32-14-6-7-15-33-25(18-32)28(26(33)19-36-3)23-12-10-22(11-13-23)24-16-21(2)29(30)31-17-24/h4-5,8-13,16-17,25-26,28H,6-7,14-15,18-19H2,1-3H3/t25-,26+,28?/m0/s1. The zero-order valence-corrected chi connectivity index (χ0v) is 22.4. The molecule has 3 heterocycles. The molecule has 0 aliphatic carbocycles. The van der Waals surface area contributed by atoms with Crippen molar-refractivity contribution in [3.8, 4) is 11.1 Å². The molecule has 6 nitrogen and oxygen atoms in total. The van der Waals surface area contributed by atoms with Gasteiger partial charge in [-0.3, -0.25) is 4.90 Å². The van der Waals surface area contributed by atoms with Gasteiger partial charge < -0.3 is 4.74 Å². The number of nitrogens with zero attached hydrogens (tertiary/aromatic N) is 3. The highest BCUT2D eigenvalue weighted by molar-refractivity contribution is 7.89. The van der Waals surface area contributed by atoms with Crippen molar-refractivity contribution in [3.05, 3.63) is 83.4 Å². The number of hydrogen-bond acceptors (Lipinski definition) is 5. The van der Waals surface area contributed by atoms with Crippen LogP contribution in [0, 0.1) is 19.8 Å². The molecule has 3 aromatic rings. The van der Waals surface area contributed by atoms with Gasteiger partial charge >= 0.3 is 0 Å². The summed E-state index contributed by atoms with van der Waals surface area (Å²) in [6.07, 6.45) is 3.33. The summed E-state index contributed by atoms with van der Waals surface area (Å²) >= 11 is 0. The number of pyridine rings is 1. The Kier molecular flexibility index (Phi) is 7.45. The number of ether oxygens (including phenoxy) is 1. The number of halogens is 1. The molecule has 0 N–H and O–H groups in total. The Morgan fingerprint density at radius 3 is 2.43 bits per heavy atom. The quantitative estimate of drug-likeness (QED) is 0.436. The van der Waals surface area contributed by atoms with Gasteiger partial charge in [-0.15, -0.1) is 0 Å². The van der Waals surface area contributed by atoms with Crippen molar-refractivity contribution in [2.75, 3.05) is 33.4 Å². The maximum absolute atomic E-state index is 13.7. The lowest BCUT2D eigenvalue weighted by Gasteiger charge is -2.57. The molecule has 2 aromatic carbocycles. The summed E-state index contributed by atoms with van der Waals surface area (Å²) in [7, 11) is -1.88. The lowest BCUT2D eigenvalue weighted by Crippen LogP contribution is -2.68. The largest absolute Gasteiger partial charge is 0.383 e. The molecule has 0 amide bonds. The summed E-state index contributed by atoms with van der Waals surface area (Å²) in [5.74, 6) is -0.304. The minimum Gasteiger partial charge on any atom is -0.383 e. The molecule has 0 spiro atoms. The highest BCUT2D eigenvalue weighted by Crippen LogP contribution is 2.43. The Hall–Kier alpha value is -2.65. The fourth-order valence-corrected chi connectivity index (χ4v) is 7.60. The van der Waals surface area contributed by atoms with Crippen molar-refractivity contribution < 1.29 is 17.5 Å². The van der Waals surface area contributed by atoms with Crippen molar-refractivity contribution in [2.24, 2.45) is 0 Å². The number of fused-ring (bicyclic) bond motifs is 1. The van der Waals surface area contributed by atoms with Crippen LogP contribution in [-0.4, -0.2) is 68.0 Å². The summed E-state index contributed by atoms with van der Waals surface area (Å²) in [5.41, 5.74) is 4.29. The normalized spacial score (nSPS) is 23.1. The third-order valence-electron chi connectivity index (χ3n) is 7.84. The number of aryl methyl sites for hydroxylation is 2. The predicted molar refractivity (Wildman–Crippen MR) is 142 cm³/mol. The molecule has 196 valence electrons. The number of rotatable bonds is 6. The van der Waals surface area contributed by atoms with Gasteiger partial charge in [0.15, 0.2) is 0 Å². The predicted octanol–water partition coefficient (Wildman–Crippen LogP) is 4.77. The van der Waals surface area contributed by atoms with Crippen LogP contribution in [-0.2, 0) is 14.8 Å². The summed E-state index contributed by atoms with van der Waals surface area (Å²) < 4.78 is 48.3. The monoisotopic (exact) mass is 523 g/mol. The molecule has 1 unspecified atom stereocenters. The molecule has 2 fully saturated rings. The van der Waals surface area contributed by atoms with Crippen molar-refractivity contribution in [1.82, 2.24) is 14.2 Å². The van der Waals surface area contributed by atoms with E-state index in [4.69, 9.17) is 4.74 Å². The van der Waals surface area contributed by atoms with E-state index in [1.54, 1.807) is 42.7 Å². The lowest BCUT2D eigenvalue weighted by atomic mass is 9.74. The fourth-order valence-electron chi connectivity index (χ4n) is 5.88. The summed E-state index contributed by atoms with van der Waals surface area (Å²) in [5, 5.41) is 0. The first-order valence-corrected chi connectivity index (χ1v) is 14.3. The van der Waals surface area contributed by atoms with E-state index in [0.717, 1.165) is 41.6 Å². The Balaban J connectivity index is 1.44. The molecule has 2 aliphatic rings. The van der Waals surface area contributed by atoms with E-state index >= 15 is 0 Å². The maximum Gasteiger partial charge on any atom is 0.243 e. The fraction of sp³-hybridized carbons (Fsp3) is 0.414. The average Bonchev–Trinajstić information content (AvgIpc) is 2.87. The minimum atomic E-state index is -3.60. The number of methoxy groups -OCH3 is 1. The first-order valence-electron chi connectivity index (χ1n) is 12.8. The van der Waals surface area contributed by atoms with Crippen molar-refractivity contribution >= 4 is 10.0 Å². The number of benzene rings is 2. The van der Waals surface area contributed by atoms with Gasteiger partial charge in [-0.25, -0.2) is 13.4 Å². The number of aromatic nitrogens is 1. The van der Waals surface area contributed by atoms with Crippen molar-refractivity contribution in [3.63, 3.8) is 0 Å². The van der Waals surface area contributed by atoms with E-state index in [0.29, 0.717) is 30.2 Å². The van der Waals surface area contributed by atoms with E-state index in [-0.39, 0.29) is 18.0 Å². The summed E-state index contributed by atoms with van der Waals surface area (Å²) in [6.45, 7) is 6.07. The SMILES string of the molecule is COC[C@@H]1C(c2ccc(-c3cnc(F)c(C)c3)cc2)[C@@H]2CN(S(=O)(=O)c3ccccc3C)CCCCN12. The smallest absolute Gasteiger partial charge is 0.243 e. The second-order valence-corrected chi connectivity index (χ2v) is 12.0. The van der Waals surface area contributed by atoms with E-state index in [9.17, 15) is 12.8 Å². The minimum absolute atomic E-state index is 0.0693. The van der Waals surface area contributed by atoms with Gasteiger partial charge in [0, 0.05) is 55.5 Å². The summed E-state index contributed by atoms with van der Waals surface area (Å²) in [6, 6.07) is 17.6. The first-order chi connectivity index (χ1) is 17.8. The van der Waals surface area contributed by atoms with Crippen LogP contribution in [0.5, 0.6) is 0 Å². The zero-order valence-electron chi connectivity index (χ0n) is 21.6. The van der Waals surface area contributed by atoms with E-state index < -0.39 is 16.0 Å². The molecule has 0 bridgehead atoms. The van der Waals surface area contributed by atoms with Gasteiger partial charge in [0.2, 0.25) is 16.0 Å². The second-order valence-electron chi connectivity index (χ2n) is 10.1. The Labute approximate surface area is 219 Å². The zero-order chi connectivity index (χ0) is 26.2. The molecule has 2 saturated heterocycles. The molecule has 0 saturated carbocycles. The van der Waals surface area contributed by atoms with Gasteiger partial charge in [-0.2, -0.15) is 8.70 Å². The van der Waals surface area contributed by atoms with Crippen LogP contribution in [0.25, 0.3) is 11.1 Å². The molecular formula is C29H34FN3O3S. The molecular weight excluding hydrogens is 489 g/mol. The maximum atomic E-state index is 13.7. The molecule has 3 atom stereocenters. The molecule has 8 heteroatoms. The second kappa shape index (κ2) is 10.6. The Morgan fingerprint density at radius 1 is 1.00 bits per heavy atom. The summed E-state index contributed by atoms with van der Waals surface area (Å²) in [4.78, 5) is 6.67. The lowest BCUT2D eigenvalue weighted by molar-refractivity contribution is -0.0635. The Bertz CT molecular complexity index is 1360. The van der Waals surface area contributed by atoms with E-state index in [1.165, 1.54) is 0 Å². The van der Waals surface area contributed by atoms with E-state index in [2.05, 4.69) is 22.0 Å². The van der Waals surface area contributed by atoms with Crippen LogP contribution in [0.2, 0.25) is 0 Å². The molecule has 0 radical (unpaired) electrons. The highest BCUT2D eigenvalue weighted by atomic mass is 32.2. The third kappa shape index (κ3) is 4.95. The van der Waals surface area contributed by atoms with Gasteiger partial charge in [-0.1, -0.05) is 42.5 Å². The van der Waals surface area contributed by atoms with Crippen molar-refractivity contribution in [1.29, 1.82) is 0 Å². The number of sulfonamides is 1. The average molecular weight is 524 g/mol. The third-order valence-corrected chi connectivity index (χ3v) is 9.86. The highest BCUT2D eigenvalue weighted by Gasteiger charge is 2.50. The van der Waals surface area contributed by atoms with Gasteiger partial charge in [-0.05, 0) is 62.1 Å².